The summed E-state index contributed by atoms with van der Waals surface area (Å²) in [4.78, 5) is 22.1. The van der Waals surface area contributed by atoms with Crippen molar-refractivity contribution in [2.24, 2.45) is 5.10 Å². The Morgan fingerprint density at radius 3 is 2.94 bits per heavy atom. The summed E-state index contributed by atoms with van der Waals surface area (Å²) in [7, 11) is 0. The van der Waals surface area contributed by atoms with E-state index in [0.717, 1.165) is 0 Å². The van der Waals surface area contributed by atoms with Crippen LogP contribution in [0.4, 0.5) is 0 Å². The molecular weight excluding hydrogens is 230 g/mol. The number of amides is 1. The molecule has 0 spiro atoms. The molecule has 0 aromatic rings. The summed E-state index contributed by atoms with van der Waals surface area (Å²) >= 11 is 1.18. The van der Waals surface area contributed by atoms with E-state index in [1.54, 1.807) is 13.8 Å². The number of hydrazone groups is 1. The first kappa shape index (κ1) is 12.6. The number of nitrogens with zero attached hydrogens (tertiary/aromatic N) is 1. The zero-order chi connectivity index (χ0) is 12.0. The third-order valence-corrected chi connectivity index (χ3v) is 2.39. The minimum Gasteiger partial charge on any atom is -0.463 e. The van der Waals surface area contributed by atoms with Gasteiger partial charge in [0.05, 0.1) is 12.7 Å². The lowest BCUT2D eigenvalue weighted by Crippen LogP contribution is -2.26. The molecule has 0 saturated heterocycles. The molecule has 1 aliphatic rings. The highest BCUT2D eigenvalue weighted by Crippen LogP contribution is 2.19. The third-order valence-electron chi connectivity index (χ3n) is 1.58. The van der Waals surface area contributed by atoms with Crippen LogP contribution < -0.4 is 10.7 Å². The van der Waals surface area contributed by atoms with Crippen molar-refractivity contribution in [3.8, 4) is 0 Å². The Balaban J connectivity index is 2.44. The Hall–Kier alpha value is -1.50. The van der Waals surface area contributed by atoms with Crippen LogP contribution in [-0.4, -0.2) is 23.7 Å². The summed E-state index contributed by atoms with van der Waals surface area (Å²) < 4.78 is 4.73. The van der Waals surface area contributed by atoms with Crippen LogP contribution in [0, 0.1) is 0 Å². The molecule has 0 aromatic heterocycles. The fourth-order valence-corrected chi connectivity index (χ4v) is 1.58. The first-order chi connectivity index (χ1) is 7.65. The number of esters is 1. The number of amidine groups is 1. The number of thioether (sulfide) groups is 1. The van der Waals surface area contributed by atoms with E-state index in [-0.39, 0.29) is 5.91 Å². The van der Waals surface area contributed by atoms with Gasteiger partial charge in [0.15, 0.2) is 5.17 Å². The van der Waals surface area contributed by atoms with Gasteiger partial charge in [-0.05, 0) is 18.7 Å². The van der Waals surface area contributed by atoms with Crippen LogP contribution in [0.15, 0.2) is 16.2 Å². The topological polar surface area (TPSA) is 79.8 Å². The third kappa shape index (κ3) is 3.93. The zero-order valence-corrected chi connectivity index (χ0v) is 9.89. The van der Waals surface area contributed by atoms with Gasteiger partial charge in [-0.2, -0.15) is 0 Å². The molecule has 1 aliphatic heterocycles. The van der Waals surface area contributed by atoms with Gasteiger partial charge in [0.2, 0.25) is 5.91 Å². The van der Waals surface area contributed by atoms with Crippen LogP contribution in [0.5, 0.6) is 0 Å². The monoisotopic (exact) mass is 243 g/mol. The van der Waals surface area contributed by atoms with E-state index in [4.69, 9.17) is 4.74 Å². The van der Waals surface area contributed by atoms with E-state index in [0.29, 0.717) is 23.2 Å². The first-order valence-corrected chi connectivity index (χ1v) is 5.67. The van der Waals surface area contributed by atoms with Gasteiger partial charge in [-0.1, -0.05) is 6.92 Å². The van der Waals surface area contributed by atoms with Gasteiger partial charge in [-0.15, -0.1) is 5.10 Å². The summed E-state index contributed by atoms with van der Waals surface area (Å²) in [6.07, 6.45) is 1.68. The van der Waals surface area contributed by atoms with Crippen molar-refractivity contribution in [1.82, 2.24) is 10.7 Å². The quantitative estimate of drug-likeness (QED) is 0.558. The number of hydrogen-bond donors (Lipinski definition) is 2. The van der Waals surface area contributed by atoms with Crippen LogP contribution >= 0.6 is 11.8 Å². The highest BCUT2D eigenvalue weighted by molar-refractivity contribution is 8.17. The van der Waals surface area contributed by atoms with Crippen LogP contribution in [0.3, 0.4) is 0 Å². The molecule has 0 atom stereocenters. The normalized spacial score (nSPS) is 16.6. The fraction of sp³-hybridized carbons (Fsp3) is 0.444. The lowest BCUT2D eigenvalue weighted by molar-refractivity contribution is -0.137. The Labute approximate surface area is 97.5 Å². The van der Waals surface area contributed by atoms with Crippen molar-refractivity contribution in [2.75, 3.05) is 6.61 Å². The average Bonchev–Trinajstić information content (AvgIpc) is 2.65. The number of ether oxygens (including phenoxy) is 1. The van der Waals surface area contributed by atoms with Crippen molar-refractivity contribution >= 4 is 28.8 Å². The van der Waals surface area contributed by atoms with Crippen LogP contribution in [0.1, 0.15) is 20.3 Å². The molecule has 0 aromatic carbocycles. The minimum absolute atomic E-state index is 0.120. The Morgan fingerprint density at radius 1 is 1.56 bits per heavy atom. The smallest absolute Gasteiger partial charge is 0.333 e. The lowest BCUT2D eigenvalue weighted by atomic mass is 10.5. The van der Waals surface area contributed by atoms with E-state index in [1.165, 1.54) is 17.8 Å². The molecule has 1 amide bonds. The van der Waals surface area contributed by atoms with Crippen LogP contribution in [0.25, 0.3) is 0 Å². The minimum atomic E-state index is -0.434. The van der Waals surface area contributed by atoms with Gasteiger partial charge in [-0.25, -0.2) is 4.79 Å². The highest BCUT2D eigenvalue weighted by atomic mass is 32.2. The van der Waals surface area contributed by atoms with Gasteiger partial charge < -0.3 is 10.1 Å². The van der Waals surface area contributed by atoms with Crippen LogP contribution in [-0.2, 0) is 14.3 Å². The van der Waals surface area contributed by atoms with E-state index in [9.17, 15) is 9.59 Å². The standard InChI is InChI=1S/C9H13N3O3S/c1-3-6(13)10-9-12-11-7(16-9)5-8(14)15-4-2/h5,11H,3-4H2,1-2H3,(H,10,12,13). The predicted octanol–water partition coefficient (Wildman–Crippen LogP) is 0.524. The van der Waals surface area contributed by atoms with Crippen LogP contribution in [0.2, 0.25) is 0 Å². The second-order valence-electron chi connectivity index (χ2n) is 2.79. The van der Waals surface area contributed by atoms with Gasteiger partial charge in [0, 0.05) is 6.42 Å². The molecule has 1 heterocycles. The lowest BCUT2D eigenvalue weighted by Gasteiger charge is -1.99. The molecule has 16 heavy (non-hydrogen) atoms. The maximum Gasteiger partial charge on any atom is 0.333 e. The average molecular weight is 243 g/mol. The summed E-state index contributed by atoms with van der Waals surface area (Å²) in [5.41, 5.74) is 2.62. The molecule has 7 heteroatoms. The van der Waals surface area contributed by atoms with E-state index < -0.39 is 5.97 Å². The second kappa shape index (κ2) is 6.16. The molecule has 0 unspecified atom stereocenters. The number of rotatable bonds is 3. The zero-order valence-electron chi connectivity index (χ0n) is 9.07. The Morgan fingerprint density at radius 2 is 2.31 bits per heavy atom. The molecule has 0 saturated carbocycles. The molecule has 0 aliphatic carbocycles. The van der Waals surface area contributed by atoms with Crippen molar-refractivity contribution in [3.05, 3.63) is 11.1 Å². The number of carbonyl (C=O) groups excluding carboxylic acids is 2. The fourth-order valence-electron chi connectivity index (χ4n) is 0.869. The largest absolute Gasteiger partial charge is 0.463 e. The summed E-state index contributed by atoms with van der Waals surface area (Å²) in [6.45, 7) is 3.81. The predicted molar refractivity (Wildman–Crippen MR) is 61.3 cm³/mol. The molecule has 0 bridgehead atoms. The van der Waals surface area contributed by atoms with Crippen molar-refractivity contribution in [3.63, 3.8) is 0 Å². The van der Waals surface area contributed by atoms with Gasteiger partial charge in [0.1, 0.15) is 5.03 Å². The number of carbonyl (C=O) groups is 2. The number of nitrogens with one attached hydrogen (secondary N) is 2. The molecule has 2 N–H and O–H groups in total. The van der Waals surface area contributed by atoms with Gasteiger partial charge >= 0.3 is 5.97 Å². The molecule has 1 rings (SSSR count). The van der Waals surface area contributed by atoms with Crippen molar-refractivity contribution < 1.29 is 14.3 Å². The van der Waals surface area contributed by atoms with Crippen molar-refractivity contribution in [2.45, 2.75) is 20.3 Å². The highest BCUT2D eigenvalue weighted by Gasteiger charge is 2.15. The summed E-state index contributed by atoms with van der Waals surface area (Å²) in [6, 6.07) is 0. The van der Waals surface area contributed by atoms with Gasteiger partial charge in [0.25, 0.3) is 0 Å². The number of hydrogen-bond acceptors (Lipinski definition) is 6. The molecule has 88 valence electrons. The van der Waals surface area contributed by atoms with E-state index in [1.807, 2.05) is 0 Å². The van der Waals surface area contributed by atoms with E-state index in [2.05, 4.69) is 15.8 Å². The summed E-state index contributed by atoms with van der Waals surface area (Å²) in [5, 5.41) is 7.39. The Kier molecular flexibility index (Phi) is 4.84. The second-order valence-corrected chi connectivity index (χ2v) is 3.82. The van der Waals surface area contributed by atoms with Crippen molar-refractivity contribution in [1.29, 1.82) is 0 Å². The molecule has 6 nitrogen and oxygen atoms in total. The van der Waals surface area contributed by atoms with E-state index >= 15 is 0 Å². The first-order valence-electron chi connectivity index (χ1n) is 4.85. The van der Waals surface area contributed by atoms with Gasteiger partial charge in [-0.3, -0.25) is 10.2 Å². The SMILES string of the molecule is CCOC(=O)C=C1NN=C(NC(=O)CC)S1. The summed E-state index contributed by atoms with van der Waals surface area (Å²) in [5.74, 6) is -0.554. The maximum absolute atomic E-state index is 11.1. The molecular formula is C9H13N3O3S. The molecule has 0 radical (unpaired) electrons. The Bertz CT molecular complexity index is 352. The molecule has 0 fully saturated rings. The maximum atomic E-state index is 11.1.